The van der Waals surface area contributed by atoms with Crippen LogP contribution in [-0.2, 0) is 4.79 Å². The average molecular weight is 465 g/mol. The number of anilines is 1. The first-order chi connectivity index (χ1) is 14.9. The summed E-state index contributed by atoms with van der Waals surface area (Å²) in [6, 6.07) is 4.05. The normalized spacial score (nSPS) is 26.1. The second-order valence-corrected chi connectivity index (χ2v) is 10.1. The third kappa shape index (κ3) is 3.96. The van der Waals surface area contributed by atoms with Crippen molar-refractivity contribution < 1.29 is 18.7 Å². The van der Waals surface area contributed by atoms with Crippen LogP contribution in [0.2, 0.25) is 5.02 Å². The molecule has 0 radical (unpaired) electrons. The molecule has 0 atom stereocenters. The van der Waals surface area contributed by atoms with Gasteiger partial charge in [-0.3, -0.25) is 9.59 Å². The number of rotatable bonds is 7. The predicted octanol–water partition coefficient (Wildman–Crippen LogP) is 3.14. The van der Waals surface area contributed by atoms with Crippen molar-refractivity contribution >= 4 is 39.9 Å². The molecule has 1 saturated heterocycles. The van der Waals surface area contributed by atoms with Crippen molar-refractivity contribution in [3.05, 3.63) is 40.1 Å². The Labute approximate surface area is 187 Å². The molecule has 4 fully saturated rings. The number of halogens is 2. The molecule has 31 heavy (non-hydrogen) atoms. The molecule has 2 heterocycles. The van der Waals surface area contributed by atoms with Gasteiger partial charge in [0.2, 0.25) is 0 Å². The lowest BCUT2D eigenvalue weighted by Gasteiger charge is -2.70. The zero-order chi connectivity index (χ0) is 21.6. The second kappa shape index (κ2) is 7.63. The van der Waals surface area contributed by atoms with E-state index in [2.05, 4.69) is 20.5 Å². The number of hydrogen-bond donors (Lipinski definition) is 2. The van der Waals surface area contributed by atoms with Crippen molar-refractivity contribution in [2.24, 2.45) is 0 Å². The Balaban J connectivity index is 1.08. The molecule has 7 nitrogen and oxygen atoms in total. The van der Waals surface area contributed by atoms with E-state index in [0.29, 0.717) is 24.1 Å². The van der Waals surface area contributed by atoms with Gasteiger partial charge in [0.25, 0.3) is 11.8 Å². The van der Waals surface area contributed by atoms with Gasteiger partial charge in [-0.1, -0.05) is 22.9 Å². The van der Waals surface area contributed by atoms with Crippen molar-refractivity contribution in [3.63, 3.8) is 0 Å². The molecule has 6 rings (SSSR count). The SMILES string of the molecule is O=C(COc1ccc(Cl)c(F)c1)NC12CC(NC(=O)c3cnc(N4CCCC4)s3)(C1)C2. The maximum absolute atomic E-state index is 13.4. The number of thiazole rings is 1. The highest BCUT2D eigenvalue weighted by molar-refractivity contribution is 7.17. The summed E-state index contributed by atoms with van der Waals surface area (Å²) in [5.41, 5.74) is -0.532. The lowest BCUT2D eigenvalue weighted by molar-refractivity contribution is -0.141. The van der Waals surface area contributed by atoms with Crippen molar-refractivity contribution in [3.8, 4) is 5.75 Å². The Bertz CT molecular complexity index is 1020. The van der Waals surface area contributed by atoms with Crippen LogP contribution in [0.15, 0.2) is 24.4 Å². The molecule has 1 aliphatic heterocycles. The fourth-order valence-electron chi connectivity index (χ4n) is 4.83. The fourth-order valence-corrected chi connectivity index (χ4v) is 5.81. The van der Waals surface area contributed by atoms with E-state index in [1.165, 1.54) is 36.3 Å². The van der Waals surface area contributed by atoms with E-state index in [1.807, 2.05) is 0 Å². The molecular weight excluding hydrogens is 443 g/mol. The Morgan fingerprint density at radius 3 is 2.61 bits per heavy atom. The first kappa shape index (κ1) is 20.5. The number of amides is 2. The van der Waals surface area contributed by atoms with E-state index in [9.17, 15) is 14.0 Å². The van der Waals surface area contributed by atoms with Crippen LogP contribution in [0.4, 0.5) is 9.52 Å². The minimum absolute atomic E-state index is 0.00334. The molecule has 0 spiro atoms. The standard InChI is InChI=1S/C21H22ClFN4O3S/c22-14-4-3-13(7-15(14)23)30-9-17(28)25-20-10-21(11-20,12-20)26-18(29)16-8-24-19(31-16)27-5-1-2-6-27/h3-4,7-8H,1-2,5-6,9-12H2,(H,25,28)(H,26,29). The molecule has 2 amide bonds. The number of ether oxygens (including phenoxy) is 1. The van der Waals surface area contributed by atoms with E-state index >= 15 is 0 Å². The van der Waals surface area contributed by atoms with Crippen LogP contribution < -0.4 is 20.3 Å². The number of carbonyl (C=O) groups is 2. The molecular formula is C21H22ClFN4O3S. The first-order valence-corrected chi connectivity index (χ1v) is 11.5. The van der Waals surface area contributed by atoms with E-state index in [4.69, 9.17) is 16.3 Å². The van der Waals surface area contributed by atoms with Crippen LogP contribution in [0.3, 0.4) is 0 Å². The fraction of sp³-hybridized carbons (Fsp3) is 0.476. The van der Waals surface area contributed by atoms with Crippen LogP contribution in [-0.4, -0.2) is 47.6 Å². The number of nitrogens with one attached hydrogen (secondary N) is 2. The van der Waals surface area contributed by atoms with Gasteiger partial charge in [0.15, 0.2) is 11.7 Å². The summed E-state index contributed by atoms with van der Waals surface area (Å²) in [5.74, 6) is -0.718. The summed E-state index contributed by atoms with van der Waals surface area (Å²) < 4.78 is 18.8. The maximum atomic E-state index is 13.4. The second-order valence-electron chi connectivity index (χ2n) is 8.66. The first-order valence-electron chi connectivity index (χ1n) is 10.3. The Morgan fingerprint density at radius 2 is 1.90 bits per heavy atom. The number of hydrogen-bond acceptors (Lipinski definition) is 6. The van der Waals surface area contributed by atoms with Gasteiger partial charge in [0.05, 0.1) is 11.2 Å². The van der Waals surface area contributed by atoms with Gasteiger partial charge < -0.3 is 20.3 Å². The van der Waals surface area contributed by atoms with E-state index in [-0.39, 0.29) is 40.3 Å². The van der Waals surface area contributed by atoms with Gasteiger partial charge in [-0.05, 0) is 44.2 Å². The quantitative estimate of drug-likeness (QED) is 0.657. The number of carbonyl (C=O) groups excluding carboxylic acids is 2. The Kier molecular flexibility index (Phi) is 5.05. The minimum atomic E-state index is -0.592. The molecule has 0 unspecified atom stereocenters. The summed E-state index contributed by atoms with van der Waals surface area (Å²) in [7, 11) is 0. The lowest BCUT2D eigenvalue weighted by Crippen LogP contribution is -2.84. The molecule has 10 heteroatoms. The monoisotopic (exact) mass is 464 g/mol. The minimum Gasteiger partial charge on any atom is -0.484 e. The number of nitrogens with zero attached hydrogens (tertiary/aromatic N) is 2. The van der Waals surface area contributed by atoms with Gasteiger partial charge in [-0.25, -0.2) is 9.37 Å². The van der Waals surface area contributed by atoms with Crippen LogP contribution in [0, 0.1) is 5.82 Å². The molecule has 1 aromatic heterocycles. The van der Waals surface area contributed by atoms with Crippen LogP contribution in [0.5, 0.6) is 5.75 Å². The van der Waals surface area contributed by atoms with Crippen LogP contribution in [0.1, 0.15) is 41.8 Å². The topological polar surface area (TPSA) is 83.6 Å². The molecule has 164 valence electrons. The van der Waals surface area contributed by atoms with Gasteiger partial charge in [-0.2, -0.15) is 0 Å². The summed E-state index contributed by atoms with van der Waals surface area (Å²) in [6.45, 7) is 1.79. The van der Waals surface area contributed by atoms with Crippen molar-refractivity contribution in [1.82, 2.24) is 15.6 Å². The zero-order valence-electron chi connectivity index (χ0n) is 16.7. The molecule has 2 aromatic rings. The molecule has 2 bridgehead atoms. The Morgan fingerprint density at radius 1 is 1.19 bits per heavy atom. The summed E-state index contributed by atoms with van der Waals surface area (Å²) in [6.07, 6.45) is 6.08. The van der Waals surface area contributed by atoms with Crippen molar-refractivity contribution in [2.75, 3.05) is 24.6 Å². The van der Waals surface area contributed by atoms with Crippen molar-refractivity contribution in [1.29, 1.82) is 0 Å². The van der Waals surface area contributed by atoms with Crippen molar-refractivity contribution in [2.45, 2.75) is 43.2 Å². The number of aromatic nitrogens is 1. The van der Waals surface area contributed by atoms with Gasteiger partial charge in [0, 0.05) is 30.2 Å². The molecule has 4 aliphatic rings. The van der Waals surface area contributed by atoms with Gasteiger partial charge in [-0.15, -0.1) is 0 Å². The number of benzene rings is 1. The Hall–Kier alpha value is -2.39. The largest absolute Gasteiger partial charge is 0.484 e. The van der Waals surface area contributed by atoms with E-state index in [0.717, 1.165) is 24.3 Å². The highest BCUT2D eigenvalue weighted by atomic mass is 35.5. The molecule has 2 N–H and O–H groups in total. The highest BCUT2D eigenvalue weighted by Crippen LogP contribution is 2.60. The molecule has 1 aromatic carbocycles. The summed E-state index contributed by atoms with van der Waals surface area (Å²) >= 11 is 7.06. The third-order valence-corrected chi connectivity index (χ3v) is 7.53. The summed E-state index contributed by atoms with van der Waals surface area (Å²) in [4.78, 5) is 32.1. The van der Waals surface area contributed by atoms with Gasteiger partial charge in [0.1, 0.15) is 16.4 Å². The lowest BCUT2D eigenvalue weighted by atomic mass is 9.44. The van der Waals surface area contributed by atoms with Crippen LogP contribution >= 0.6 is 22.9 Å². The van der Waals surface area contributed by atoms with Crippen LogP contribution in [0.25, 0.3) is 0 Å². The zero-order valence-corrected chi connectivity index (χ0v) is 18.3. The third-order valence-electron chi connectivity index (χ3n) is 6.17. The molecule has 3 aliphatic carbocycles. The van der Waals surface area contributed by atoms with E-state index < -0.39 is 5.82 Å². The highest BCUT2D eigenvalue weighted by Gasteiger charge is 2.69. The average Bonchev–Trinajstić information content (AvgIpc) is 3.37. The smallest absolute Gasteiger partial charge is 0.263 e. The van der Waals surface area contributed by atoms with Gasteiger partial charge >= 0.3 is 0 Å². The summed E-state index contributed by atoms with van der Waals surface area (Å²) in [5, 5.41) is 7.02. The predicted molar refractivity (Wildman–Crippen MR) is 115 cm³/mol. The molecule has 3 saturated carbocycles. The maximum Gasteiger partial charge on any atom is 0.263 e. The van der Waals surface area contributed by atoms with E-state index in [1.54, 1.807) is 6.20 Å².